The number of aliphatic hydroxyl groups is 1. The number of carbonyl (C=O) groups is 3. The van der Waals surface area contributed by atoms with Crippen LogP contribution in [0.5, 0.6) is 0 Å². The maximum absolute atomic E-state index is 11.5. The number of carbonyl (C=O) groups excluding carboxylic acids is 1. The van der Waals surface area contributed by atoms with Gasteiger partial charge in [-0.25, -0.2) is 4.79 Å². The number of aliphatic hydroxyl groups excluding tert-OH is 1. The third kappa shape index (κ3) is 23.5. The molecular formula is C29H54N2O6S. The average Bonchev–Trinajstić information content (AvgIpc) is 2.85. The van der Waals surface area contributed by atoms with Crippen LogP contribution in [0, 0.1) is 0 Å². The molecule has 0 aliphatic carbocycles. The van der Waals surface area contributed by atoms with E-state index >= 15 is 0 Å². The summed E-state index contributed by atoms with van der Waals surface area (Å²) in [4.78, 5) is 33.1. The Kier molecular flexibility index (Phi) is 23.4. The SMILES string of the molecule is C=C(CCCCCCCCCCCCCCCCCCC(=O)O)NC(CCC(O)N[C@@H](C)C(=O)S)C(=O)O. The quantitative estimate of drug-likeness (QED) is 0.0380. The molecule has 5 N–H and O–H groups in total. The van der Waals surface area contributed by atoms with Crippen molar-refractivity contribution in [2.24, 2.45) is 0 Å². The van der Waals surface area contributed by atoms with Crippen molar-refractivity contribution in [3.63, 3.8) is 0 Å². The normalized spacial score (nSPS) is 13.6. The molecule has 8 nitrogen and oxygen atoms in total. The first kappa shape index (κ1) is 36.4. The third-order valence-electron chi connectivity index (χ3n) is 6.84. The molecule has 0 radical (unpaired) electrons. The average molecular weight is 559 g/mol. The summed E-state index contributed by atoms with van der Waals surface area (Å²) in [5.41, 5.74) is 0.705. The summed E-state index contributed by atoms with van der Waals surface area (Å²) >= 11 is 3.71. The summed E-state index contributed by atoms with van der Waals surface area (Å²) in [6.07, 6.45) is 19.6. The zero-order chi connectivity index (χ0) is 28.6. The first-order valence-corrected chi connectivity index (χ1v) is 15.1. The lowest BCUT2D eigenvalue weighted by Gasteiger charge is -2.21. The van der Waals surface area contributed by atoms with Gasteiger partial charge in [0, 0.05) is 12.1 Å². The number of aliphatic carboxylic acids is 2. The van der Waals surface area contributed by atoms with Gasteiger partial charge >= 0.3 is 11.9 Å². The molecule has 0 saturated heterocycles. The minimum Gasteiger partial charge on any atom is -0.481 e. The number of allylic oxidation sites excluding steroid dienone is 1. The van der Waals surface area contributed by atoms with Gasteiger partial charge in [-0.1, -0.05) is 96.5 Å². The summed E-state index contributed by atoms with van der Waals surface area (Å²) in [5, 5.41) is 33.3. The molecule has 0 aromatic heterocycles. The lowest BCUT2D eigenvalue weighted by molar-refractivity contribution is -0.140. The molecule has 0 aromatic carbocycles. The van der Waals surface area contributed by atoms with E-state index in [0.29, 0.717) is 12.1 Å². The Balaban J connectivity index is 3.61. The van der Waals surface area contributed by atoms with Gasteiger partial charge in [-0.2, -0.15) is 0 Å². The van der Waals surface area contributed by atoms with Gasteiger partial charge in [0.2, 0.25) is 5.12 Å². The van der Waals surface area contributed by atoms with E-state index in [1.807, 2.05) is 0 Å². The zero-order valence-electron chi connectivity index (χ0n) is 23.6. The van der Waals surface area contributed by atoms with Crippen molar-refractivity contribution in [1.82, 2.24) is 10.6 Å². The molecule has 0 heterocycles. The summed E-state index contributed by atoms with van der Waals surface area (Å²) < 4.78 is 0. The Hall–Kier alpha value is -1.58. The molecule has 9 heteroatoms. The summed E-state index contributed by atoms with van der Waals surface area (Å²) in [7, 11) is 0. The Morgan fingerprint density at radius 3 is 1.47 bits per heavy atom. The van der Waals surface area contributed by atoms with Crippen molar-refractivity contribution in [2.75, 3.05) is 0 Å². The Labute approximate surface area is 235 Å². The van der Waals surface area contributed by atoms with E-state index in [9.17, 15) is 24.6 Å². The van der Waals surface area contributed by atoms with Gasteiger partial charge in [-0.3, -0.25) is 14.9 Å². The molecule has 0 bridgehead atoms. The predicted octanol–water partition coefficient (Wildman–Crippen LogP) is 6.18. The van der Waals surface area contributed by atoms with E-state index < -0.39 is 30.3 Å². The van der Waals surface area contributed by atoms with Gasteiger partial charge in [-0.15, -0.1) is 12.6 Å². The van der Waals surface area contributed by atoms with Crippen LogP contribution in [-0.2, 0) is 14.4 Å². The molecule has 0 saturated carbocycles. The number of rotatable bonds is 28. The minimum atomic E-state index is -0.985. The van der Waals surface area contributed by atoms with Crippen molar-refractivity contribution < 1.29 is 29.7 Å². The molecule has 0 aliphatic rings. The van der Waals surface area contributed by atoms with Crippen LogP contribution in [-0.4, -0.2) is 50.7 Å². The smallest absolute Gasteiger partial charge is 0.326 e. The van der Waals surface area contributed by atoms with Crippen LogP contribution in [0.1, 0.15) is 135 Å². The monoisotopic (exact) mass is 558 g/mol. The van der Waals surface area contributed by atoms with Crippen LogP contribution in [0.25, 0.3) is 0 Å². The maximum Gasteiger partial charge on any atom is 0.326 e. The Morgan fingerprint density at radius 2 is 1.11 bits per heavy atom. The van der Waals surface area contributed by atoms with E-state index in [-0.39, 0.29) is 18.0 Å². The fraction of sp³-hybridized carbons (Fsp3) is 0.828. The third-order valence-corrected chi connectivity index (χ3v) is 7.22. The van der Waals surface area contributed by atoms with Gasteiger partial charge in [0.25, 0.3) is 0 Å². The van der Waals surface area contributed by atoms with Gasteiger partial charge < -0.3 is 20.6 Å². The summed E-state index contributed by atoms with van der Waals surface area (Å²) in [6, 6.07) is -1.42. The molecule has 2 unspecified atom stereocenters. The standard InChI is InChI=1S/C29H54N2O6S/c1-23(30-25(28(35)36)21-22-26(32)31-24(2)29(37)38)19-17-15-13-11-9-7-5-3-4-6-8-10-12-14-16-18-20-27(33)34/h24-26,30-32H,1,3-22H2,2H3,(H,33,34)(H,35,36)(H,37,38)/t24-,25?,26?/m0/s1. The van der Waals surface area contributed by atoms with Gasteiger partial charge in [-0.05, 0) is 39.0 Å². The fourth-order valence-electron chi connectivity index (χ4n) is 4.43. The number of nitrogens with one attached hydrogen (secondary N) is 2. The zero-order valence-corrected chi connectivity index (χ0v) is 24.5. The van der Waals surface area contributed by atoms with Crippen molar-refractivity contribution >= 4 is 29.7 Å². The highest BCUT2D eigenvalue weighted by atomic mass is 32.1. The highest BCUT2D eigenvalue weighted by Gasteiger charge is 2.20. The molecule has 38 heavy (non-hydrogen) atoms. The summed E-state index contributed by atoms with van der Waals surface area (Å²) in [6.45, 7) is 5.56. The van der Waals surface area contributed by atoms with Crippen molar-refractivity contribution in [1.29, 1.82) is 0 Å². The number of thiol groups is 1. The van der Waals surface area contributed by atoms with Crippen LogP contribution in [0.4, 0.5) is 0 Å². The van der Waals surface area contributed by atoms with Crippen LogP contribution in [0.15, 0.2) is 12.3 Å². The van der Waals surface area contributed by atoms with E-state index in [1.54, 1.807) is 6.92 Å². The molecule has 0 aromatic rings. The molecule has 0 rings (SSSR count). The fourth-order valence-corrected chi connectivity index (χ4v) is 4.51. The molecule has 0 fully saturated rings. The van der Waals surface area contributed by atoms with E-state index in [0.717, 1.165) is 38.5 Å². The lowest BCUT2D eigenvalue weighted by atomic mass is 10.0. The summed E-state index contributed by atoms with van der Waals surface area (Å²) in [5.74, 6) is -1.67. The Bertz CT molecular complexity index is 661. The number of unbranched alkanes of at least 4 members (excludes halogenated alkanes) is 15. The second-order valence-corrected chi connectivity index (χ2v) is 10.9. The predicted molar refractivity (Wildman–Crippen MR) is 156 cm³/mol. The molecule has 222 valence electrons. The molecular weight excluding hydrogens is 504 g/mol. The molecule has 3 atom stereocenters. The number of hydrogen-bond donors (Lipinski definition) is 6. The lowest BCUT2D eigenvalue weighted by Crippen LogP contribution is -2.42. The van der Waals surface area contributed by atoms with Gasteiger partial charge in [0.15, 0.2) is 0 Å². The maximum atomic E-state index is 11.5. The van der Waals surface area contributed by atoms with Crippen molar-refractivity contribution in [3.05, 3.63) is 12.3 Å². The molecule has 0 amide bonds. The van der Waals surface area contributed by atoms with E-state index in [2.05, 4.69) is 29.8 Å². The van der Waals surface area contributed by atoms with Crippen LogP contribution < -0.4 is 10.6 Å². The highest BCUT2D eigenvalue weighted by molar-refractivity contribution is 7.96. The van der Waals surface area contributed by atoms with Crippen LogP contribution >= 0.6 is 12.6 Å². The second kappa shape index (κ2) is 24.5. The topological polar surface area (TPSA) is 136 Å². The van der Waals surface area contributed by atoms with E-state index in [4.69, 9.17) is 5.11 Å². The Morgan fingerprint density at radius 1 is 0.711 bits per heavy atom. The minimum absolute atomic E-state index is 0.195. The number of hydrogen-bond acceptors (Lipinski definition) is 6. The first-order chi connectivity index (χ1) is 18.1. The first-order valence-electron chi connectivity index (χ1n) is 14.7. The van der Waals surface area contributed by atoms with Gasteiger partial charge in [0.1, 0.15) is 12.3 Å². The second-order valence-electron chi connectivity index (χ2n) is 10.5. The number of carboxylic acids is 2. The van der Waals surface area contributed by atoms with Crippen LogP contribution in [0.2, 0.25) is 0 Å². The van der Waals surface area contributed by atoms with Crippen molar-refractivity contribution in [3.8, 4) is 0 Å². The molecule has 0 spiro atoms. The van der Waals surface area contributed by atoms with Gasteiger partial charge in [0.05, 0.1) is 6.04 Å². The molecule has 0 aliphatic heterocycles. The highest BCUT2D eigenvalue weighted by Crippen LogP contribution is 2.15. The van der Waals surface area contributed by atoms with E-state index in [1.165, 1.54) is 70.6 Å². The van der Waals surface area contributed by atoms with Crippen LogP contribution in [0.3, 0.4) is 0 Å². The van der Waals surface area contributed by atoms with Crippen molar-refractivity contribution in [2.45, 2.75) is 154 Å². The largest absolute Gasteiger partial charge is 0.481 e. The number of carboxylic acid groups (broad SMARTS) is 2.